The number of ether oxygens (including phenoxy) is 2. The first kappa shape index (κ1) is 25.4. The molecule has 0 aromatic heterocycles. The van der Waals surface area contributed by atoms with E-state index in [4.69, 9.17) is 9.47 Å². The van der Waals surface area contributed by atoms with Gasteiger partial charge in [-0.15, -0.1) is 0 Å². The van der Waals surface area contributed by atoms with Crippen LogP contribution >= 0.6 is 0 Å². The van der Waals surface area contributed by atoms with E-state index < -0.39 is 17.2 Å². The third-order valence-corrected chi connectivity index (χ3v) is 6.14. The van der Waals surface area contributed by atoms with Gasteiger partial charge in [-0.3, -0.25) is 0 Å². The number of alkyl carbamates (subject to hydrolysis) is 1. The summed E-state index contributed by atoms with van der Waals surface area (Å²) in [5.74, 6) is 0.824. The lowest BCUT2D eigenvalue weighted by molar-refractivity contribution is -0.116. The summed E-state index contributed by atoms with van der Waals surface area (Å²) in [4.78, 5) is 24.0. The molecule has 1 N–H and O–H groups in total. The number of amides is 1. The number of carbonyl (C=O) groups is 2. The van der Waals surface area contributed by atoms with E-state index in [2.05, 4.69) is 44.3 Å². The molecule has 1 aliphatic rings. The van der Waals surface area contributed by atoms with Crippen molar-refractivity contribution < 1.29 is 19.1 Å². The molecule has 0 bridgehead atoms. The van der Waals surface area contributed by atoms with E-state index in [1.807, 2.05) is 0 Å². The molecule has 0 heterocycles. The van der Waals surface area contributed by atoms with Gasteiger partial charge in [0, 0.05) is 5.92 Å². The number of aldehydes is 1. The molecule has 5 nitrogen and oxygen atoms in total. The van der Waals surface area contributed by atoms with Crippen LogP contribution in [0.2, 0.25) is 0 Å². The third-order valence-electron chi connectivity index (χ3n) is 6.14. The molecule has 3 atom stereocenters. The van der Waals surface area contributed by atoms with Gasteiger partial charge in [-0.25, -0.2) is 4.79 Å². The van der Waals surface area contributed by atoms with Crippen LogP contribution in [0.4, 0.5) is 4.79 Å². The van der Waals surface area contributed by atoms with E-state index >= 15 is 0 Å². The Morgan fingerprint density at radius 3 is 2.35 bits per heavy atom. The monoisotopic (exact) mass is 431 g/mol. The van der Waals surface area contributed by atoms with Crippen molar-refractivity contribution >= 4 is 12.4 Å². The second kappa shape index (κ2) is 10.6. The first-order valence-corrected chi connectivity index (χ1v) is 11.6. The van der Waals surface area contributed by atoms with Crippen LogP contribution in [0.1, 0.15) is 89.3 Å². The van der Waals surface area contributed by atoms with Crippen molar-refractivity contribution in [2.24, 2.45) is 5.92 Å². The minimum Gasteiger partial charge on any atom is -0.444 e. The number of carbonyl (C=O) groups excluding carboxylic acids is 2. The van der Waals surface area contributed by atoms with E-state index in [1.54, 1.807) is 27.7 Å². The Bertz CT molecular complexity index is 748. The molecule has 1 saturated carbocycles. The summed E-state index contributed by atoms with van der Waals surface area (Å²) < 4.78 is 11.6. The summed E-state index contributed by atoms with van der Waals surface area (Å²) in [5, 5.41) is 2.68. The first-order chi connectivity index (χ1) is 14.4. The van der Waals surface area contributed by atoms with E-state index in [1.165, 1.54) is 48.8 Å². The molecule has 1 fully saturated rings. The number of aryl methyl sites for hydroxylation is 2. The molecule has 1 amide bonds. The second-order valence-electron chi connectivity index (χ2n) is 10.5. The Balaban J connectivity index is 2.15. The minimum absolute atomic E-state index is 0.0794. The van der Waals surface area contributed by atoms with E-state index in [0.29, 0.717) is 5.92 Å². The van der Waals surface area contributed by atoms with Crippen molar-refractivity contribution in [3.05, 3.63) is 34.9 Å². The molecule has 0 aliphatic heterocycles. The molecule has 1 aromatic rings. The summed E-state index contributed by atoms with van der Waals surface area (Å²) in [6.07, 6.45) is 6.25. The van der Waals surface area contributed by atoms with Gasteiger partial charge >= 0.3 is 6.09 Å². The van der Waals surface area contributed by atoms with Gasteiger partial charge in [0.2, 0.25) is 0 Å². The van der Waals surface area contributed by atoms with E-state index in [9.17, 15) is 9.59 Å². The Hall–Kier alpha value is -1.88. The zero-order valence-electron chi connectivity index (χ0n) is 20.4. The van der Waals surface area contributed by atoms with E-state index in [0.717, 1.165) is 6.29 Å². The number of nitrogens with one attached hydrogen (secondary N) is 1. The lowest BCUT2D eigenvalue weighted by Crippen LogP contribution is -2.53. The fourth-order valence-electron chi connectivity index (χ4n) is 4.63. The summed E-state index contributed by atoms with van der Waals surface area (Å²) in [5.41, 5.74) is 2.11. The van der Waals surface area contributed by atoms with Gasteiger partial charge in [-0.2, -0.15) is 0 Å². The van der Waals surface area contributed by atoms with Gasteiger partial charge in [0.05, 0.1) is 12.7 Å². The maximum Gasteiger partial charge on any atom is 0.408 e. The van der Waals surface area contributed by atoms with Crippen LogP contribution in [0.15, 0.2) is 18.2 Å². The van der Waals surface area contributed by atoms with Crippen LogP contribution in [0.5, 0.6) is 0 Å². The average Bonchev–Trinajstić information content (AvgIpc) is 2.67. The van der Waals surface area contributed by atoms with Gasteiger partial charge in [0.15, 0.2) is 0 Å². The van der Waals surface area contributed by atoms with Crippen LogP contribution in [-0.2, 0) is 14.3 Å². The normalized spacial score (nSPS) is 19.2. The molecular weight excluding hydrogens is 390 g/mol. The van der Waals surface area contributed by atoms with Crippen molar-refractivity contribution in [3.63, 3.8) is 0 Å². The largest absolute Gasteiger partial charge is 0.444 e. The van der Waals surface area contributed by atoms with Crippen molar-refractivity contribution in [2.75, 3.05) is 6.61 Å². The highest BCUT2D eigenvalue weighted by Gasteiger charge is 2.34. The van der Waals surface area contributed by atoms with Crippen LogP contribution in [0.3, 0.4) is 0 Å². The lowest BCUT2D eigenvalue weighted by atomic mass is 9.73. The Kier molecular flexibility index (Phi) is 8.70. The SMILES string of the molecule is Cc1ccc([C@@H](C2CCCCC2)[C@H](C)OC[C@](C)(C=O)NC(=O)OC(C)(C)C)c(C)c1. The summed E-state index contributed by atoms with van der Waals surface area (Å²) in [6.45, 7) is 13.5. The van der Waals surface area contributed by atoms with Crippen LogP contribution < -0.4 is 5.32 Å². The highest BCUT2D eigenvalue weighted by molar-refractivity contribution is 5.76. The summed E-state index contributed by atoms with van der Waals surface area (Å²) in [6, 6.07) is 6.64. The van der Waals surface area contributed by atoms with Gasteiger partial charge in [-0.05, 0) is 78.4 Å². The fraction of sp³-hybridized carbons (Fsp3) is 0.692. The molecule has 31 heavy (non-hydrogen) atoms. The van der Waals surface area contributed by atoms with Crippen molar-refractivity contribution in [1.29, 1.82) is 0 Å². The van der Waals surface area contributed by atoms with Crippen LogP contribution in [0, 0.1) is 19.8 Å². The van der Waals surface area contributed by atoms with E-state index in [-0.39, 0.29) is 18.6 Å². The Morgan fingerprint density at radius 2 is 1.81 bits per heavy atom. The first-order valence-electron chi connectivity index (χ1n) is 11.6. The minimum atomic E-state index is -1.14. The number of hydrogen-bond acceptors (Lipinski definition) is 4. The number of benzene rings is 1. The molecule has 0 unspecified atom stereocenters. The molecule has 0 saturated heterocycles. The average molecular weight is 432 g/mol. The molecule has 0 spiro atoms. The predicted molar refractivity (Wildman–Crippen MR) is 124 cm³/mol. The third kappa shape index (κ3) is 7.64. The standard InChI is InChI=1S/C26H41NO4/c1-18-13-14-22(19(2)15-18)23(21-11-9-8-10-12-21)20(3)30-17-26(7,16-28)27-24(29)31-25(4,5)6/h13-16,20-21,23H,8-12,17H2,1-7H3,(H,27,29)/t20-,23+,26-/m0/s1. The Labute approximate surface area is 188 Å². The fourth-order valence-corrected chi connectivity index (χ4v) is 4.63. The highest BCUT2D eigenvalue weighted by atomic mass is 16.6. The summed E-state index contributed by atoms with van der Waals surface area (Å²) in [7, 11) is 0. The second-order valence-corrected chi connectivity index (χ2v) is 10.5. The molecule has 174 valence electrons. The van der Waals surface area contributed by atoms with Gasteiger partial charge in [0.1, 0.15) is 17.4 Å². The Morgan fingerprint density at radius 1 is 1.16 bits per heavy atom. The van der Waals surface area contributed by atoms with Crippen molar-refractivity contribution in [2.45, 2.75) is 104 Å². The molecule has 0 radical (unpaired) electrons. The smallest absolute Gasteiger partial charge is 0.408 e. The molecule has 1 aliphatic carbocycles. The van der Waals surface area contributed by atoms with Gasteiger partial charge < -0.3 is 19.6 Å². The molecule has 1 aromatic carbocycles. The summed E-state index contributed by atoms with van der Waals surface area (Å²) >= 11 is 0. The zero-order chi connectivity index (χ0) is 23.2. The topological polar surface area (TPSA) is 64.6 Å². The predicted octanol–water partition coefficient (Wildman–Crippen LogP) is 5.85. The van der Waals surface area contributed by atoms with Gasteiger partial charge in [-0.1, -0.05) is 43.0 Å². The maximum atomic E-state index is 12.2. The van der Waals surface area contributed by atoms with Gasteiger partial charge in [0.25, 0.3) is 0 Å². The van der Waals surface area contributed by atoms with Crippen LogP contribution in [0.25, 0.3) is 0 Å². The highest BCUT2D eigenvalue weighted by Crippen LogP contribution is 2.40. The molecular formula is C26H41NO4. The maximum absolute atomic E-state index is 12.2. The molecule has 2 rings (SSSR count). The molecule has 5 heteroatoms. The zero-order valence-corrected chi connectivity index (χ0v) is 20.4. The quantitative estimate of drug-likeness (QED) is 0.524. The van der Waals surface area contributed by atoms with Crippen molar-refractivity contribution in [3.8, 4) is 0 Å². The lowest BCUT2D eigenvalue weighted by Gasteiger charge is -2.37. The van der Waals surface area contributed by atoms with Crippen molar-refractivity contribution in [1.82, 2.24) is 5.32 Å². The van der Waals surface area contributed by atoms with Crippen LogP contribution in [-0.4, -0.2) is 36.2 Å². The number of hydrogen-bond donors (Lipinski definition) is 1. The number of rotatable bonds is 8.